The summed E-state index contributed by atoms with van der Waals surface area (Å²) >= 11 is 3.49. The summed E-state index contributed by atoms with van der Waals surface area (Å²) in [6.07, 6.45) is 3.21. The average Bonchev–Trinajstić information content (AvgIpc) is 2.33. The van der Waals surface area contributed by atoms with E-state index in [2.05, 4.69) is 26.9 Å². The Balaban J connectivity index is 2.12. The van der Waals surface area contributed by atoms with Crippen molar-refractivity contribution in [1.82, 2.24) is 0 Å². The fourth-order valence-electron chi connectivity index (χ4n) is 2.35. The van der Waals surface area contributed by atoms with E-state index < -0.39 is 0 Å². The predicted octanol–water partition coefficient (Wildman–Crippen LogP) is 3.59. The van der Waals surface area contributed by atoms with E-state index in [9.17, 15) is 5.26 Å². The predicted molar refractivity (Wildman–Crippen MR) is 75.9 cm³/mol. The second-order valence-corrected chi connectivity index (χ2v) is 5.77. The molecule has 1 aromatic carbocycles. The maximum atomic E-state index is 9.26. The molecule has 0 radical (unpaired) electrons. The average molecular weight is 309 g/mol. The minimum absolute atomic E-state index is 0.138. The molecule has 2 rings (SSSR count). The van der Waals surface area contributed by atoms with Crippen LogP contribution in [0.3, 0.4) is 0 Å². The van der Waals surface area contributed by atoms with E-state index in [0.717, 1.165) is 35.3 Å². The highest BCUT2D eigenvalue weighted by Gasteiger charge is 2.38. The highest BCUT2D eigenvalue weighted by Crippen LogP contribution is 2.41. The number of hydrogen-bond donors (Lipinski definition) is 0. The molecule has 0 saturated heterocycles. The Bertz CT molecular complexity index is 477. The number of nitrogens with zero attached hydrogens (tertiary/aromatic N) is 2. The van der Waals surface area contributed by atoms with Gasteiger partial charge in [0.25, 0.3) is 0 Å². The zero-order valence-corrected chi connectivity index (χ0v) is 12.3. The molecule has 1 fully saturated rings. The molecule has 1 aliphatic rings. The van der Waals surface area contributed by atoms with Crippen LogP contribution in [0, 0.1) is 16.7 Å². The lowest BCUT2D eigenvalue weighted by Gasteiger charge is -2.39. The molecule has 0 amide bonds. The van der Waals surface area contributed by atoms with Crippen molar-refractivity contribution in [2.24, 2.45) is 5.41 Å². The third-order valence-corrected chi connectivity index (χ3v) is 4.28. The first-order chi connectivity index (χ1) is 8.60. The molecular formula is C14H17BrN2O. The quantitative estimate of drug-likeness (QED) is 0.853. The first-order valence-corrected chi connectivity index (χ1v) is 6.85. The molecule has 0 spiro atoms. The van der Waals surface area contributed by atoms with Crippen molar-refractivity contribution in [3.63, 3.8) is 0 Å². The first kappa shape index (κ1) is 13.2. The van der Waals surface area contributed by atoms with Crippen LogP contribution in [0.1, 0.15) is 19.3 Å². The third kappa shape index (κ3) is 2.46. The summed E-state index contributed by atoms with van der Waals surface area (Å²) in [6, 6.07) is 8.47. The molecule has 1 aliphatic carbocycles. The van der Waals surface area contributed by atoms with Crippen molar-refractivity contribution in [1.29, 1.82) is 5.26 Å². The molecular weight excluding hydrogens is 292 g/mol. The largest absolute Gasteiger partial charge is 0.496 e. The van der Waals surface area contributed by atoms with Crippen LogP contribution in [0.4, 0.5) is 5.69 Å². The summed E-state index contributed by atoms with van der Waals surface area (Å²) in [4.78, 5) is 2.15. The van der Waals surface area contributed by atoms with E-state index >= 15 is 0 Å². The van der Waals surface area contributed by atoms with Crippen LogP contribution < -0.4 is 9.64 Å². The lowest BCUT2D eigenvalue weighted by molar-refractivity contribution is 0.223. The smallest absolute Gasteiger partial charge is 0.133 e. The molecule has 4 heteroatoms. The fraction of sp³-hybridized carbons (Fsp3) is 0.500. The number of anilines is 1. The number of nitriles is 1. The Morgan fingerprint density at radius 1 is 1.50 bits per heavy atom. The Labute approximate surface area is 116 Å². The van der Waals surface area contributed by atoms with E-state index in [1.807, 2.05) is 25.2 Å². The van der Waals surface area contributed by atoms with Crippen molar-refractivity contribution < 1.29 is 4.74 Å². The SMILES string of the molecule is COc1ccc(N(C)CC2(C#N)CCC2)cc1Br. The third-order valence-electron chi connectivity index (χ3n) is 3.66. The Hall–Kier alpha value is -1.21. The van der Waals surface area contributed by atoms with Crippen molar-refractivity contribution >= 4 is 21.6 Å². The van der Waals surface area contributed by atoms with E-state index in [-0.39, 0.29) is 5.41 Å². The van der Waals surface area contributed by atoms with Crippen molar-refractivity contribution in [3.8, 4) is 11.8 Å². The van der Waals surface area contributed by atoms with E-state index in [1.165, 1.54) is 6.42 Å². The maximum Gasteiger partial charge on any atom is 0.133 e. The Kier molecular flexibility index (Phi) is 3.82. The van der Waals surface area contributed by atoms with Gasteiger partial charge in [-0.05, 0) is 47.0 Å². The van der Waals surface area contributed by atoms with E-state index in [0.29, 0.717) is 0 Å². The van der Waals surface area contributed by atoms with Gasteiger partial charge in [-0.1, -0.05) is 6.42 Å². The van der Waals surface area contributed by atoms with Gasteiger partial charge in [0.2, 0.25) is 0 Å². The summed E-state index contributed by atoms with van der Waals surface area (Å²) in [7, 11) is 3.69. The highest BCUT2D eigenvalue weighted by molar-refractivity contribution is 9.10. The lowest BCUT2D eigenvalue weighted by atomic mass is 9.69. The molecule has 0 atom stereocenters. The highest BCUT2D eigenvalue weighted by atomic mass is 79.9. The van der Waals surface area contributed by atoms with Gasteiger partial charge in [-0.2, -0.15) is 5.26 Å². The zero-order valence-electron chi connectivity index (χ0n) is 10.7. The van der Waals surface area contributed by atoms with Gasteiger partial charge in [0.05, 0.1) is 23.1 Å². The number of halogens is 1. The Morgan fingerprint density at radius 2 is 2.22 bits per heavy atom. The normalized spacial score (nSPS) is 16.6. The maximum absolute atomic E-state index is 9.26. The number of benzene rings is 1. The molecule has 3 nitrogen and oxygen atoms in total. The van der Waals surface area contributed by atoms with Crippen LogP contribution in [0.25, 0.3) is 0 Å². The van der Waals surface area contributed by atoms with Gasteiger partial charge >= 0.3 is 0 Å². The van der Waals surface area contributed by atoms with Crippen LogP contribution in [-0.2, 0) is 0 Å². The van der Waals surface area contributed by atoms with Gasteiger partial charge < -0.3 is 9.64 Å². The van der Waals surface area contributed by atoms with Gasteiger partial charge in [0.15, 0.2) is 0 Å². The van der Waals surface area contributed by atoms with E-state index in [4.69, 9.17) is 4.74 Å². The van der Waals surface area contributed by atoms with Crippen molar-refractivity contribution in [3.05, 3.63) is 22.7 Å². The number of hydrogen-bond acceptors (Lipinski definition) is 3. The number of rotatable bonds is 4. The molecule has 1 aromatic rings. The minimum atomic E-state index is -0.138. The van der Waals surface area contributed by atoms with Crippen molar-refractivity contribution in [2.45, 2.75) is 19.3 Å². The molecule has 1 saturated carbocycles. The minimum Gasteiger partial charge on any atom is -0.496 e. The van der Waals surface area contributed by atoms with Gasteiger partial charge in [-0.25, -0.2) is 0 Å². The molecule has 0 unspecified atom stereocenters. The molecule has 96 valence electrons. The summed E-state index contributed by atoms with van der Waals surface area (Å²) in [5.41, 5.74) is 0.963. The second kappa shape index (κ2) is 5.19. The molecule has 18 heavy (non-hydrogen) atoms. The summed E-state index contributed by atoms with van der Waals surface area (Å²) in [6.45, 7) is 0.794. The van der Waals surface area contributed by atoms with Crippen LogP contribution in [-0.4, -0.2) is 20.7 Å². The second-order valence-electron chi connectivity index (χ2n) is 4.92. The molecule has 0 N–H and O–H groups in total. The van der Waals surface area contributed by atoms with Gasteiger partial charge in [-0.3, -0.25) is 0 Å². The fourth-order valence-corrected chi connectivity index (χ4v) is 2.88. The van der Waals surface area contributed by atoms with Crippen molar-refractivity contribution in [2.75, 3.05) is 25.6 Å². The summed E-state index contributed by atoms with van der Waals surface area (Å²) < 4.78 is 6.16. The van der Waals surface area contributed by atoms with Gasteiger partial charge in [0, 0.05) is 19.3 Å². The molecule has 0 aliphatic heterocycles. The van der Waals surface area contributed by atoms with Crippen LogP contribution in [0.5, 0.6) is 5.75 Å². The summed E-state index contributed by atoms with van der Waals surface area (Å²) in [5, 5.41) is 9.26. The molecule has 0 aromatic heterocycles. The van der Waals surface area contributed by atoms with Crippen LogP contribution in [0.2, 0.25) is 0 Å². The molecule has 0 bridgehead atoms. The molecule has 0 heterocycles. The van der Waals surface area contributed by atoms with Gasteiger partial charge in [-0.15, -0.1) is 0 Å². The van der Waals surface area contributed by atoms with Gasteiger partial charge in [0.1, 0.15) is 5.75 Å². The Morgan fingerprint density at radius 3 is 2.67 bits per heavy atom. The van der Waals surface area contributed by atoms with Crippen LogP contribution >= 0.6 is 15.9 Å². The van der Waals surface area contributed by atoms with E-state index in [1.54, 1.807) is 7.11 Å². The summed E-state index contributed by atoms with van der Waals surface area (Å²) in [5.74, 6) is 0.825. The van der Waals surface area contributed by atoms with Crippen LogP contribution in [0.15, 0.2) is 22.7 Å². The number of ether oxygens (including phenoxy) is 1. The first-order valence-electron chi connectivity index (χ1n) is 6.06. The monoisotopic (exact) mass is 308 g/mol. The number of methoxy groups -OCH3 is 1. The standard InChI is InChI=1S/C14H17BrN2O/c1-17(10-14(9-16)6-3-7-14)11-4-5-13(18-2)12(15)8-11/h4-5,8H,3,6-7,10H2,1-2H3. The zero-order chi connectivity index (χ0) is 13.2. The lowest BCUT2D eigenvalue weighted by Crippen LogP contribution is -2.39. The topological polar surface area (TPSA) is 36.3 Å².